The highest BCUT2D eigenvalue weighted by Gasteiger charge is 2.36. The number of aryl methyl sites for hydroxylation is 1. The lowest BCUT2D eigenvalue weighted by molar-refractivity contribution is 0.458. The Hall–Kier alpha value is -3.13. The number of nitrogens with one attached hydrogen (secondary N) is 1. The van der Waals surface area contributed by atoms with Gasteiger partial charge in [-0.15, -0.1) is 0 Å². The molecule has 5 aromatic rings. The van der Waals surface area contributed by atoms with Gasteiger partial charge in [-0.1, -0.05) is 47.5 Å². The van der Waals surface area contributed by atoms with Crippen molar-refractivity contribution in [1.82, 2.24) is 15.2 Å². The lowest BCUT2D eigenvalue weighted by Crippen LogP contribution is -2.28. The number of furan rings is 1. The summed E-state index contributed by atoms with van der Waals surface area (Å²) in [5.74, 6) is 0. The first-order valence-electron chi connectivity index (χ1n) is 11.2. The molecule has 5 rings (SSSR count). The number of nitrogens with zero attached hydrogens (tertiary/aromatic N) is 2. The van der Waals surface area contributed by atoms with Gasteiger partial charge in [-0.25, -0.2) is 13.4 Å². The van der Waals surface area contributed by atoms with Crippen LogP contribution in [0.25, 0.3) is 44.6 Å². The quantitative estimate of drug-likeness (QED) is 0.252. The van der Waals surface area contributed by atoms with Crippen molar-refractivity contribution in [2.24, 2.45) is 0 Å². The van der Waals surface area contributed by atoms with E-state index >= 15 is 0 Å². The zero-order valence-electron chi connectivity index (χ0n) is 20.1. The lowest BCUT2D eigenvalue weighted by atomic mass is 9.96. The van der Waals surface area contributed by atoms with Gasteiger partial charge < -0.3 is 4.42 Å². The van der Waals surface area contributed by atoms with E-state index in [1.807, 2.05) is 36.4 Å². The van der Waals surface area contributed by atoms with Crippen LogP contribution in [0.5, 0.6) is 0 Å². The summed E-state index contributed by atoms with van der Waals surface area (Å²) in [7, 11) is -3.73. The molecular formula is C27H23Cl2N3O3S. The number of aromatic nitrogens is 3. The highest BCUT2D eigenvalue weighted by molar-refractivity contribution is 7.92. The molecule has 3 aromatic heterocycles. The highest BCUT2D eigenvalue weighted by atomic mass is 35.5. The van der Waals surface area contributed by atoms with Crippen molar-refractivity contribution in [1.29, 1.82) is 0 Å². The van der Waals surface area contributed by atoms with Crippen molar-refractivity contribution >= 4 is 44.1 Å². The molecule has 0 aliphatic rings. The van der Waals surface area contributed by atoms with Gasteiger partial charge in [-0.05, 0) is 63.1 Å². The Morgan fingerprint density at radius 3 is 2.22 bits per heavy atom. The molecule has 0 atom stereocenters. The van der Waals surface area contributed by atoms with Crippen molar-refractivity contribution in [3.8, 4) is 33.5 Å². The molecule has 0 fully saturated rings. The summed E-state index contributed by atoms with van der Waals surface area (Å²) < 4.78 is 31.3. The van der Waals surface area contributed by atoms with Crippen LogP contribution in [0.2, 0.25) is 10.0 Å². The van der Waals surface area contributed by atoms with Gasteiger partial charge in [0.05, 0.1) is 21.7 Å². The minimum absolute atomic E-state index is 0.0712. The van der Waals surface area contributed by atoms with Gasteiger partial charge in [0.1, 0.15) is 0 Å². The average Bonchev–Trinajstić information content (AvgIpc) is 3.47. The van der Waals surface area contributed by atoms with Crippen molar-refractivity contribution in [3.05, 3.63) is 76.5 Å². The molecule has 0 aliphatic heterocycles. The molecule has 184 valence electrons. The van der Waals surface area contributed by atoms with E-state index < -0.39 is 14.6 Å². The third-order valence-electron chi connectivity index (χ3n) is 6.15. The smallest absolute Gasteiger partial charge is 0.228 e. The highest BCUT2D eigenvalue weighted by Crippen LogP contribution is 2.41. The Balaban J connectivity index is 1.78. The van der Waals surface area contributed by atoms with E-state index in [0.29, 0.717) is 32.3 Å². The minimum atomic E-state index is -3.73. The fourth-order valence-electron chi connectivity index (χ4n) is 4.00. The molecule has 0 saturated carbocycles. The second kappa shape index (κ2) is 8.76. The van der Waals surface area contributed by atoms with Crippen LogP contribution in [0, 0.1) is 6.92 Å². The molecule has 6 nitrogen and oxygen atoms in total. The summed E-state index contributed by atoms with van der Waals surface area (Å²) >= 11 is 12.9. The molecule has 36 heavy (non-hydrogen) atoms. The SMILES string of the molecule is Cc1c(S(=O)(=O)C(C)(C)C)oc2nc(-c3ccc(-c4cn[nH]c4)cc3Cl)c(-c3ccc(Cl)cc3)cc12. The van der Waals surface area contributed by atoms with Gasteiger partial charge in [-0.2, -0.15) is 5.10 Å². The van der Waals surface area contributed by atoms with Crippen LogP contribution >= 0.6 is 23.2 Å². The lowest BCUT2D eigenvalue weighted by Gasteiger charge is -2.17. The van der Waals surface area contributed by atoms with Crippen molar-refractivity contribution in [2.45, 2.75) is 37.5 Å². The molecule has 0 radical (unpaired) electrons. The van der Waals surface area contributed by atoms with Gasteiger partial charge in [-0.3, -0.25) is 5.10 Å². The predicted octanol–water partition coefficient (Wildman–Crippen LogP) is 7.74. The molecule has 2 aromatic carbocycles. The Kier molecular flexibility index (Phi) is 5.98. The molecular weight excluding hydrogens is 517 g/mol. The maximum absolute atomic E-state index is 13.2. The number of halogens is 2. The first-order valence-corrected chi connectivity index (χ1v) is 13.4. The van der Waals surface area contributed by atoms with Crippen LogP contribution in [0.4, 0.5) is 0 Å². The first-order chi connectivity index (χ1) is 17.0. The van der Waals surface area contributed by atoms with E-state index in [9.17, 15) is 8.42 Å². The Labute approximate surface area is 219 Å². The van der Waals surface area contributed by atoms with Gasteiger partial charge in [0, 0.05) is 38.9 Å². The average molecular weight is 540 g/mol. The van der Waals surface area contributed by atoms with Crippen molar-refractivity contribution in [3.63, 3.8) is 0 Å². The van der Waals surface area contributed by atoms with E-state index in [2.05, 4.69) is 10.2 Å². The van der Waals surface area contributed by atoms with Crippen LogP contribution in [0.3, 0.4) is 0 Å². The molecule has 3 heterocycles. The maximum atomic E-state index is 13.2. The second-order valence-electron chi connectivity index (χ2n) is 9.56. The number of rotatable bonds is 4. The topological polar surface area (TPSA) is 88.8 Å². The first kappa shape index (κ1) is 24.6. The third kappa shape index (κ3) is 4.11. The number of hydrogen-bond donors (Lipinski definition) is 1. The van der Waals surface area contributed by atoms with E-state index in [1.54, 1.807) is 52.2 Å². The molecule has 9 heteroatoms. The second-order valence-corrected chi connectivity index (χ2v) is 13.0. The molecule has 0 bridgehead atoms. The summed E-state index contributed by atoms with van der Waals surface area (Å²) in [6.45, 7) is 6.68. The number of hydrogen-bond acceptors (Lipinski definition) is 5. The molecule has 0 unspecified atom stereocenters. The molecule has 0 amide bonds. The zero-order chi connectivity index (χ0) is 25.8. The van der Waals surface area contributed by atoms with Gasteiger partial charge in [0.15, 0.2) is 0 Å². The number of H-pyrrole nitrogens is 1. The number of fused-ring (bicyclic) bond motifs is 1. The summed E-state index contributed by atoms with van der Waals surface area (Å²) in [5.41, 5.74) is 5.46. The molecule has 0 saturated heterocycles. The van der Waals surface area contributed by atoms with Crippen molar-refractivity contribution in [2.75, 3.05) is 0 Å². The van der Waals surface area contributed by atoms with Crippen LogP contribution < -0.4 is 0 Å². The van der Waals surface area contributed by atoms with Crippen LogP contribution in [0.15, 0.2) is 70.4 Å². The third-order valence-corrected chi connectivity index (χ3v) is 9.20. The van der Waals surface area contributed by atoms with Crippen molar-refractivity contribution < 1.29 is 12.8 Å². The minimum Gasteiger partial charge on any atom is -0.426 e. The number of pyridine rings is 1. The molecule has 0 aliphatic carbocycles. The number of benzene rings is 2. The summed E-state index contributed by atoms with van der Waals surface area (Å²) in [6.07, 6.45) is 3.51. The summed E-state index contributed by atoms with van der Waals surface area (Å²) in [4.78, 5) is 4.81. The van der Waals surface area contributed by atoms with E-state index in [-0.39, 0.29) is 10.8 Å². The Morgan fingerprint density at radius 1 is 0.917 bits per heavy atom. The fraction of sp³-hybridized carbons (Fsp3) is 0.185. The van der Waals surface area contributed by atoms with Gasteiger partial charge in [0.25, 0.3) is 0 Å². The largest absolute Gasteiger partial charge is 0.426 e. The van der Waals surface area contributed by atoms with Gasteiger partial charge >= 0.3 is 0 Å². The van der Waals surface area contributed by atoms with Crippen LogP contribution in [-0.4, -0.2) is 28.3 Å². The standard InChI is InChI=1S/C27H23Cl2N3O3S/c1-15-21-12-22(16-5-8-19(28)9-6-16)24(32-25(21)35-26(15)36(33,34)27(2,3)4)20-10-7-17(11-23(20)29)18-13-30-31-14-18/h5-14H,1-4H3,(H,30,31). The summed E-state index contributed by atoms with van der Waals surface area (Å²) in [6, 6.07) is 15.0. The monoisotopic (exact) mass is 539 g/mol. The van der Waals surface area contributed by atoms with Crippen LogP contribution in [-0.2, 0) is 9.84 Å². The fourth-order valence-corrected chi connectivity index (χ4v) is 5.66. The van der Waals surface area contributed by atoms with Gasteiger partial charge in [0.2, 0.25) is 20.6 Å². The molecule has 0 spiro atoms. The number of sulfone groups is 1. The zero-order valence-corrected chi connectivity index (χ0v) is 22.4. The number of aromatic amines is 1. The Bertz CT molecular complexity index is 1700. The molecule has 1 N–H and O–H groups in total. The van der Waals surface area contributed by atoms with E-state index in [1.165, 1.54) is 0 Å². The normalized spacial score (nSPS) is 12.4. The van der Waals surface area contributed by atoms with E-state index in [4.69, 9.17) is 32.6 Å². The van der Waals surface area contributed by atoms with Crippen LogP contribution in [0.1, 0.15) is 26.3 Å². The predicted molar refractivity (Wildman–Crippen MR) is 144 cm³/mol. The Morgan fingerprint density at radius 2 is 1.61 bits per heavy atom. The van der Waals surface area contributed by atoms with E-state index in [0.717, 1.165) is 22.3 Å². The summed E-state index contributed by atoms with van der Waals surface area (Å²) in [5, 5.41) is 8.45. The maximum Gasteiger partial charge on any atom is 0.228 e.